The van der Waals surface area contributed by atoms with Crippen LogP contribution in [0.3, 0.4) is 0 Å². The Bertz CT molecular complexity index is 628. The van der Waals surface area contributed by atoms with Crippen molar-refractivity contribution in [3.05, 3.63) is 39.8 Å². The molecule has 114 valence electrons. The van der Waals surface area contributed by atoms with E-state index in [0.717, 1.165) is 34.2 Å². The number of nitrogens with zero attached hydrogens (tertiary/aromatic N) is 2. The fourth-order valence-corrected chi connectivity index (χ4v) is 2.93. The first-order valence-corrected chi connectivity index (χ1v) is 8.09. The average molecular weight is 307 g/mol. The summed E-state index contributed by atoms with van der Waals surface area (Å²) in [6.07, 6.45) is 0.909. The van der Waals surface area contributed by atoms with E-state index < -0.39 is 0 Å². The SMILES string of the molecule is CCCn1c(SCCOc2c(C)cccc2C)n[nH]c1=O. The molecule has 0 aliphatic rings. The molecule has 0 radical (unpaired) electrons. The van der Waals surface area contributed by atoms with Crippen molar-refractivity contribution < 1.29 is 4.74 Å². The monoisotopic (exact) mass is 307 g/mol. The molecule has 0 spiro atoms. The number of rotatable bonds is 7. The average Bonchev–Trinajstić information content (AvgIpc) is 2.79. The molecule has 0 aliphatic heterocycles. The normalized spacial score (nSPS) is 10.8. The van der Waals surface area contributed by atoms with Crippen LogP contribution >= 0.6 is 11.8 Å². The maximum Gasteiger partial charge on any atom is 0.343 e. The van der Waals surface area contributed by atoms with Crippen LogP contribution in [0.25, 0.3) is 0 Å². The van der Waals surface area contributed by atoms with Gasteiger partial charge in [0, 0.05) is 12.3 Å². The van der Waals surface area contributed by atoms with E-state index in [9.17, 15) is 4.79 Å². The summed E-state index contributed by atoms with van der Waals surface area (Å²) in [6, 6.07) is 6.11. The van der Waals surface area contributed by atoms with Gasteiger partial charge < -0.3 is 4.74 Å². The number of benzene rings is 1. The fraction of sp³-hybridized carbons (Fsp3) is 0.467. The van der Waals surface area contributed by atoms with Crippen molar-refractivity contribution in [1.29, 1.82) is 0 Å². The number of para-hydroxylation sites is 1. The first kappa shape index (κ1) is 15.7. The number of hydrogen-bond acceptors (Lipinski definition) is 4. The minimum atomic E-state index is -0.144. The van der Waals surface area contributed by atoms with Crippen LogP contribution in [0, 0.1) is 13.8 Å². The molecule has 0 unspecified atom stereocenters. The molecular formula is C15H21N3O2S. The van der Waals surface area contributed by atoms with Crippen molar-refractivity contribution in [3.8, 4) is 5.75 Å². The van der Waals surface area contributed by atoms with Gasteiger partial charge in [0.25, 0.3) is 0 Å². The molecule has 0 bridgehead atoms. The Kier molecular flexibility index (Phi) is 5.50. The number of aryl methyl sites for hydroxylation is 2. The fourth-order valence-electron chi connectivity index (χ4n) is 2.14. The van der Waals surface area contributed by atoms with Gasteiger partial charge in [-0.05, 0) is 31.4 Å². The molecule has 0 amide bonds. The Balaban J connectivity index is 1.89. The summed E-state index contributed by atoms with van der Waals surface area (Å²) in [5, 5.41) is 7.27. The van der Waals surface area contributed by atoms with Gasteiger partial charge in [0.05, 0.1) is 6.61 Å². The Hall–Kier alpha value is -1.69. The molecule has 5 nitrogen and oxygen atoms in total. The van der Waals surface area contributed by atoms with Gasteiger partial charge in [-0.3, -0.25) is 4.57 Å². The third kappa shape index (κ3) is 3.91. The topological polar surface area (TPSA) is 59.9 Å². The molecule has 0 fully saturated rings. The lowest BCUT2D eigenvalue weighted by Crippen LogP contribution is -2.17. The van der Waals surface area contributed by atoms with Crippen LogP contribution in [0.4, 0.5) is 0 Å². The highest BCUT2D eigenvalue weighted by Gasteiger charge is 2.08. The standard InChI is InChI=1S/C15H21N3O2S/c1-4-8-18-14(19)16-17-15(18)21-10-9-20-13-11(2)6-5-7-12(13)3/h5-7H,4,8-10H2,1-3H3,(H,16,19). The summed E-state index contributed by atoms with van der Waals surface area (Å²) in [5.41, 5.74) is 2.14. The number of aromatic amines is 1. The van der Waals surface area contributed by atoms with E-state index in [1.807, 2.05) is 39.0 Å². The van der Waals surface area contributed by atoms with E-state index in [1.54, 1.807) is 4.57 Å². The van der Waals surface area contributed by atoms with Gasteiger partial charge >= 0.3 is 5.69 Å². The van der Waals surface area contributed by atoms with E-state index >= 15 is 0 Å². The largest absolute Gasteiger partial charge is 0.492 e. The maximum atomic E-state index is 11.6. The van der Waals surface area contributed by atoms with Crippen LogP contribution in [0.15, 0.2) is 28.2 Å². The van der Waals surface area contributed by atoms with Crippen LogP contribution < -0.4 is 10.4 Å². The third-order valence-corrected chi connectivity index (χ3v) is 4.08. The zero-order valence-corrected chi connectivity index (χ0v) is 13.5. The lowest BCUT2D eigenvalue weighted by atomic mass is 10.1. The van der Waals surface area contributed by atoms with Crippen LogP contribution in [0.5, 0.6) is 5.75 Å². The van der Waals surface area contributed by atoms with Crippen molar-refractivity contribution in [2.24, 2.45) is 0 Å². The van der Waals surface area contributed by atoms with Crippen LogP contribution in [0.2, 0.25) is 0 Å². The number of thioether (sulfide) groups is 1. The molecular weight excluding hydrogens is 286 g/mol. The van der Waals surface area contributed by atoms with Crippen LogP contribution in [-0.2, 0) is 6.54 Å². The molecule has 2 aromatic rings. The van der Waals surface area contributed by atoms with Crippen molar-refractivity contribution in [2.75, 3.05) is 12.4 Å². The first-order valence-electron chi connectivity index (χ1n) is 7.10. The predicted octanol–water partition coefficient (Wildman–Crippen LogP) is 2.77. The van der Waals surface area contributed by atoms with Gasteiger partial charge in [-0.25, -0.2) is 9.89 Å². The van der Waals surface area contributed by atoms with Crippen molar-refractivity contribution >= 4 is 11.8 Å². The van der Waals surface area contributed by atoms with E-state index in [2.05, 4.69) is 10.2 Å². The van der Waals surface area contributed by atoms with Crippen LogP contribution in [0.1, 0.15) is 24.5 Å². The lowest BCUT2D eigenvalue weighted by Gasteiger charge is -2.11. The van der Waals surface area contributed by atoms with Gasteiger partial charge in [-0.1, -0.05) is 36.9 Å². The van der Waals surface area contributed by atoms with E-state index in [1.165, 1.54) is 11.8 Å². The van der Waals surface area contributed by atoms with E-state index in [4.69, 9.17) is 4.74 Å². The summed E-state index contributed by atoms with van der Waals surface area (Å²) < 4.78 is 7.52. The molecule has 6 heteroatoms. The first-order chi connectivity index (χ1) is 10.1. The summed E-state index contributed by atoms with van der Waals surface area (Å²) in [5.74, 6) is 1.70. The molecule has 1 heterocycles. The number of hydrogen-bond donors (Lipinski definition) is 1. The Morgan fingerprint density at radius 2 is 2.05 bits per heavy atom. The minimum absolute atomic E-state index is 0.144. The Morgan fingerprint density at radius 3 is 2.71 bits per heavy atom. The molecule has 1 aromatic carbocycles. The maximum absolute atomic E-state index is 11.6. The second kappa shape index (κ2) is 7.36. The number of ether oxygens (including phenoxy) is 1. The third-order valence-electron chi connectivity index (χ3n) is 3.14. The number of aromatic nitrogens is 3. The van der Waals surface area contributed by atoms with Gasteiger partial charge in [-0.2, -0.15) is 0 Å². The zero-order chi connectivity index (χ0) is 15.2. The van der Waals surface area contributed by atoms with Gasteiger partial charge in [0.15, 0.2) is 5.16 Å². The van der Waals surface area contributed by atoms with Crippen LogP contribution in [-0.4, -0.2) is 27.1 Å². The van der Waals surface area contributed by atoms with Gasteiger partial charge in [0.2, 0.25) is 0 Å². The number of H-pyrrole nitrogens is 1. The van der Waals surface area contributed by atoms with Crippen molar-refractivity contribution in [1.82, 2.24) is 14.8 Å². The summed E-state index contributed by atoms with van der Waals surface area (Å²) >= 11 is 1.53. The second-order valence-electron chi connectivity index (χ2n) is 4.88. The summed E-state index contributed by atoms with van der Waals surface area (Å²) in [7, 11) is 0. The molecule has 0 saturated carbocycles. The predicted molar refractivity (Wildman–Crippen MR) is 85.3 cm³/mol. The van der Waals surface area contributed by atoms with Crippen molar-refractivity contribution in [3.63, 3.8) is 0 Å². The summed E-state index contributed by atoms with van der Waals surface area (Å²) in [6.45, 7) is 7.40. The zero-order valence-electron chi connectivity index (χ0n) is 12.7. The molecule has 21 heavy (non-hydrogen) atoms. The molecule has 2 rings (SSSR count). The molecule has 0 aliphatic carbocycles. The van der Waals surface area contributed by atoms with E-state index in [-0.39, 0.29) is 5.69 Å². The second-order valence-corrected chi connectivity index (χ2v) is 5.94. The van der Waals surface area contributed by atoms with Gasteiger partial charge in [0.1, 0.15) is 5.75 Å². The van der Waals surface area contributed by atoms with Crippen molar-refractivity contribution in [2.45, 2.75) is 38.9 Å². The molecule has 1 aromatic heterocycles. The highest BCUT2D eigenvalue weighted by atomic mass is 32.2. The minimum Gasteiger partial charge on any atom is -0.492 e. The molecule has 0 atom stereocenters. The highest BCUT2D eigenvalue weighted by Crippen LogP contribution is 2.23. The number of nitrogens with one attached hydrogen (secondary N) is 1. The Labute approximate surface area is 128 Å². The smallest absolute Gasteiger partial charge is 0.343 e. The lowest BCUT2D eigenvalue weighted by molar-refractivity contribution is 0.339. The quantitative estimate of drug-likeness (QED) is 0.631. The Morgan fingerprint density at radius 1 is 1.33 bits per heavy atom. The summed E-state index contributed by atoms with van der Waals surface area (Å²) in [4.78, 5) is 11.6. The van der Waals surface area contributed by atoms with E-state index in [0.29, 0.717) is 13.2 Å². The molecule has 0 saturated heterocycles. The molecule has 1 N–H and O–H groups in total. The highest BCUT2D eigenvalue weighted by molar-refractivity contribution is 7.99. The van der Waals surface area contributed by atoms with Gasteiger partial charge in [-0.15, -0.1) is 5.10 Å².